The van der Waals surface area contributed by atoms with E-state index in [1.54, 1.807) is 0 Å². The average Bonchev–Trinajstić information content (AvgIpc) is 3.10. The summed E-state index contributed by atoms with van der Waals surface area (Å²) in [6, 6.07) is 15.2. The summed E-state index contributed by atoms with van der Waals surface area (Å²) in [5, 5.41) is 14.7. The summed E-state index contributed by atoms with van der Waals surface area (Å²) in [4.78, 5) is 5.39. The monoisotopic (exact) mass is 498 g/mol. The van der Waals surface area contributed by atoms with Crippen LogP contribution in [-0.2, 0) is 17.3 Å². The van der Waals surface area contributed by atoms with Crippen LogP contribution in [0.25, 0.3) is 5.65 Å². The van der Waals surface area contributed by atoms with Crippen molar-refractivity contribution < 1.29 is 4.21 Å². The smallest absolute Gasteiger partial charge is 0.191 e. The Hall–Kier alpha value is -2.01. The fourth-order valence-electron chi connectivity index (χ4n) is 2.44. The number of halogens is 1. The van der Waals surface area contributed by atoms with Gasteiger partial charge in [-0.15, -0.1) is 34.2 Å². The highest BCUT2D eigenvalue weighted by molar-refractivity contribution is 14.0. The zero-order valence-corrected chi connectivity index (χ0v) is 18.2. The highest BCUT2D eigenvalue weighted by atomic mass is 127. The van der Waals surface area contributed by atoms with E-state index in [2.05, 4.69) is 25.8 Å². The molecule has 1 atom stereocenters. The van der Waals surface area contributed by atoms with Crippen molar-refractivity contribution in [2.45, 2.75) is 18.4 Å². The van der Waals surface area contributed by atoms with Crippen LogP contribution in [0.1, 0.15) is 12.7 Å². The van der Waals surface area contributed by atoms with Gasteiger partial charge in [0, 0.05) is 29.9 Å². The molecule has 1 unspecified atom stereocenters. The molecule has 1 aromatic carbocycles. The minimum absolute atomic E-state index is 0. The summed E-state index contributed by atoms with van der Waals surface area (Å²) < 4.78 is 14.2. The molecule has 27 heavy (non-hydrogen) atoms. The number of hydrogen-bond acceptors (Lipinski definition) is 4. The first-order valence-corrected chi connectivity index (χ1v) is 9.84. The SMILES string of the molecule is CCNC(=NCc1nnc2ccccn12)NCCS(=O)c1ccccc1.I. The average molecular weight is 498 g/mol. The number of pyridine rings is 1. The Bertz CT molecular complexity index is 899. The zero-order chi connectivity index (χ0) is 18.2. The van der Waals surface area contributed by atoms with Crippen LogP contribution in [0.5, 0.6) is 0 Å². The predicted molar refractivity (Wildman–Crippen MR) is 119 cm³/mol. The van der Waals surface area contributed by atoms with Gasteiger partial charge in [0.05, 0.1) is 10.8 Å². The van der Waals surface area contributed by atoms with Crippen molar-refractivity contribution in [3.8, 4) is 0 Å². The highest BCUT2D eigenvalue weighted by Gasteiger charge is 2.06. The molecule has 0 aliphatic heterocycles. The molecule has 9 heteroatoms. The lowest BCUT2D eigenvalue weighted by Gasteiger charge is -2.11. The van der Waals surface area contributed by atoms with Crippen molar-refractivity contribution >= 4 is 46.4 Å². The molecule has 0 aliphatic carbocycles. The van der Waals surface area contributed by atoms with Gasteiger partial charge in [-0.1, -0.05) is 24.3 Å². The molecule has 2 aromatic heterocycles. The second kappa shape index (κ2) is 11.0. The topological polar surface area (TPSA) is 83.7 Å². The number of nitrogens with zero attached hydrogens (tertiary/aromatic N) is 4. The van der Waals surface area contributed by atoms with E-state index in [0.717, 1.165) is 22.9 Å². The van der Waals surface area contributed by atoms with Crippen molar-refractivity contribution in [3.63, 3.8) is 0 Å². The van der Waals surface area contributed by atoms with Crippen LogP contribution in [0, 0.1) is 0 Å². The second-order valence-corrected chi connectivity index (χ2v) is 7.10. The molecule has 0 bridgehead atoms. The fraction of sp³-hybridized carbons (Fsp3) is 0.278. The molecule has 7 nitrogen and oxygen atoms in total. The van der Waals surface area contributed by atoms with Gasteiger partial charge >= 0.3 is 0 Å². The number of benzene rings is 1. The molecule has 0 amide bonds. The Balaban J connectivity index is 0.00000261. The summed E-state index contributed by atoms with van der Waals surface area (Å²) in [6.07, 6.45) is 1.92. The Morgan fingerprint density at radius 3 is 2.67 bits per heavy atom. The number of fused-ring (bicyclic) bond motifs is 1. The van der Waals surface area contributed by atoms with Gasteiger partial charge in [0.1, 0.15) is 6.54 Å². The summed E-state index contributed by atoms with van der Waals surface area (Å²) in [6.45, 7) is 3.72. The molecule has 0 saturated carbocycles. The quantitative estimate of drug-likeness (QED) is 0.297. The molecule has 0 spiro atoms. The molecule has 0 radical (unpaired) electrons. The fourth-order valence-corrected chi connectivity index (χ4v) is 3.43. The van der Waals surface area contributed by atoms with Gasteiger partial charge in [-0.3, -0.25) is 8.61 Å². The molecule has 3 rings (SSSR count). The van der Waals surface area contributed by atoms with Crippen molar-refractivity contribution in [2.75, 3.05) is 18.8 Å². The van der Waals surface area contributed by atoms with Crippen LogP contribution in [-0.4, -0.2) is 43.6 Å². The van der Waals surface area contributed by atoms with Crippen LogP contribution >= 0.6 is 24.0 Å². The van der Waals surface area contributed by atoms with Crippen LogP contribution < -0.4 is 10.6 Å². The largest absolute Gasteiger partial charge is 0.357 e. The number of aliphatic imine (C=N–C) groups is 1. The Labute approximate surface area is 178 Å². The third kappa shape index (κ3) is 5.99. The van der Waals surface area contributed by atoms with E-state index in [4.69, 9.17) is 0 Å². The van der Waals surface area contributed by atoms with E-state index < -0.39 is 10.8 Å². The van der Waals surface area contributed by atoms with Gasteiger partial charge in [-0.25, -0.2) is 4.99 Å². The number of hydrogen-bond donors (Lipinski definition) is 2. The van der Waals surface area contributed by atoms with E-state index in [-0.39, 0.29) is 24.0 Å². The molecule has 3 aromatic rings. The minimum atomic E-state index is -1.03. The molecule has 2 N–H and O–H groups in total. The first-order valence-electron chi connectivity index (χ1n) is 8.52. The van der Waals surface area contributed by atoms with Gasteiger partial charge in [0.2, 0.25) is 0 Å². The van der Waals surface area contributed by atoms with Gasteiger partial charge in [-0.2, -0.15) is 0 Å². The van der Waals surface area contributed by atoms with E-state index in [0.29, 0.717) is 24.8 Å². The second-order valence-electron chi connectivity index (χ2n) is 5.53. The predicted octanol–water partition coefficient (Wildman–Crippen LogP) is 2.21. The first-order chi connectivity index (χ1) is 12.8. The summed E-state index contributed by atoms with van der Waals surface area (Å²) in [7, 11) is -1.03. The van der Waals surface area contributed by atoms with E-state index >= 15 is 0 Å². The Kier molecular flexibility index (Phi) is 8.65. The first kappa shape index (κ1) is 21.3. The number of nitrogens with one attached hydrogen (secondary N) is 2. The lowest BCUT2D eigenvalue weighted by molar-refractivity contribution is 0.681. The van der Waals surface area contributed by atoms with Crippen molar-refractivity contribution in [3.05, 3.63) is 60.6 Å². The van der Waals surface area contributed by atoms with Crippen molar-refractivity contribution in [2.24, 2.45) is 4.99 Å². The maximum absolute atomic E-state index is 12.3. The highest BCUT2D eigenvalue weighted by Crippen LogP contribution is 2.05. The maximum Gasteiger partial charge on any atom is 0.191 e. The Morgan fingerprint density at radius 1 is 1.11 bits per heavy atom. The van der Waals surface area contributed by atoms with Gasteiger partial charge in [-0.05, 0) is 31.2 Å². The van der Waals surface area contributed by atoms with Crippen LogP contribution in [0.15, 0.2) is 64.6 Å². The molecule has 0 fully saturated rings. The molecular weight excluding hydrogens is 475 g/mol. The lowest BCUT2D eigenvalue weighted by atomic mass is 10.4. The van der Waals surface area contributed by atoms with Crippen LogP contribution in [0.2, 0.25) is 0 Å². The van der Waals surface area contributed by atoms with Crippen LogP contribution in [0.3, 0.4) is 0 Å². The number of guanidine groups is 1. The standard InChI is InChI=1S/C18H22N6OS.HI/c1-2-19-18(20-11-13-26(25)15-8-4-3-5-9-15)21-14-17-23-22-16-10-6-7-12-24(16)17;/h3-10,12H,2,11,13-14H2,1H3,(H2,19,20,21);1H. The van der Waals surface area contributed by atoms with Gasteiger partial charge < -0.3 is 10.6 Å². The molecule has 0 saturated heterocycles. The lowest BCUT2D eigenvalue weighted by Crippen LogP contribution is -2.39. The molecule has 0 aliphatic rings. The number of rotatable bonds is 7. The van der Waals surface area contributed by atoms with Crippen molar-refractivity contribution in [1.82, 2.24) is 25.2 Å². The molecular formula is C18H23IN6OS. The third-order valence-corrected chi connectivity index (χ3v) is 5.07. The normalized spacial score (nSPS) is 12.4. The minimum Gasteiger partial charge on any atom is -0.357 e. The zero-order valence-electron chi connectivity index (χ0n) is 15.0. The summed E-state index contributed by atoms with van der Waals surface area (Å²) in [5.74, 6) is 1.96. The van der Waals surface area contributed by atoms with E-state index in [9.17, 15) is 4.21 Å². The summed E-state index contributed by atoms with van der Waals surface area (Å²) >= 11 is 0. The third-order valence-electron chi connectivity index (χ3n) is 3.69. The maximum atomic E-state index is 12.3. The molecule has 2 heterocycles. The van der Waals surface area contributed by atoms with Gasteiger partial charge in [0.15, 0.2) is 17.4 Å². The number of aromatic nitrogens is 3. The van der Waals surface area contributed by atoms with Crippen LogP contribution in [0.4, 0.5) is 0 Å². The van der Waals surface area contributed by atoms with E-state index in [1.807, 2.05) is 66.1 Å². The van der Waals surface area contributed by atoms with Crippen molar-refractivity contribution in [1.29, 1.82) is 0 Å². The summed E-state index contributed by atoms with van der Waals surface area (Å²) in [5.41, 5.74) is 0.800. The molecule has 144 valence electrons. The van der Waals surface area contributed by atoms with Gasteiger partial charge in [0.25, 0.3) is 0 Å². The van der Waals surface area contributed by atoms with E-state index in [1.165, 1.54) is 0 Å². The Morgan fingerprint density at radius 2 is 1.89 bits per heavy atom.